The number of primary sulfonamides is 1. The highest BCUT2D eigenvalue weighted by Crippen LogP contribution is 2.38. The summed E-state index contributed by atoms with van der Waals surface area (Å²) < 4.78 is 65.2. The lowest BCUT2D eigenvalue weighted by atomic mass is 9.97. The van der Waals surface area contributed by atoms with Gasteiger partial charge in [-0.15, -0.1) is 0 Å². The number of halogens is 1. The molecule has 0 fully saturated rings. The van der Waals surface area contributed by atoms with E-state index in [1.54, 1.807) is 12.1 Å². The Kier molecular flexibility index (Phi) is 5.68. The minimum absolute atomic E-state index is 0.0146. The highest BCUT2D eigenvalue weighted by molar-refractivity contribution is 7.92. The van der Waals surface area contributed by atoms with Crippen LogP contribution in [0.15, 0.2) is 70.5 Å². The number of hydrogen-bond acceptors (Lipinski definition) is 6. The van der Waals surface area contributed by atoms with Gasteiger partial charge in [0.2, 0.25) is 10.0 Å². The zero-order valence-electron chi connectivity index (χ0n) is 17.0. The van der Waals surface area contributed by atoms with Crippen LogP contribution in [-0.2, 0) is 26.5 Å². The Bertz CT molecular complexity index is 1470. The van der Waals surface area contributed by atoms with E-state index >= 15 is 0 Å². The smallest absolute Gasteiger partial charge is 0.266 e. The summed E-state index contributed by atoms with van der Waals surface area (Å²) >= 11 is 0. The highest BCUT2D eigenvalue weighted by Gasteiger charge is 2.30. The number of benzene rings is 3. The summed E-state index contributed by atoms with van der Waals surface area (Å²) in [5, 5.41) is 16.6. The van der Waals surface area contributed by atoms with Crippen molar-refractivity contribution in [1.29, 1.82) is 0 Å². The maximum atomic E-state index is 13.3. The van der Waals surface area contributed by atoms with Crippen LogP contribution >= 0.6 is 0 Å². The number of aryl methyl sites for hydroxylation is 1. The molecule has 4 rings (SSSR count). The molecule has 0 saturated heterocycles. The Hall–Kier alpha value is -3.35. The molecule has 1 heterocycles. The van der Waals surface area contributed by atoms with Crippen LogP contribution in [0.4, 0.5) is 15.8 Å². The molecule has 12 heteroatoms. The molecule has 2 N–H and O–H groups in total. The first-order valence-electron chi connectivity index (χ1n) is 9.71. The van der Waals surface area contributed by atoms with E-state index in [1.165, 1.54) is 22.5 Å². The van der Waals surface area contributed by atoms with Gasteiger partial charge in [0.05, 0.1) is 20.4 Å². The quantitative estimate of drug-likeness (QED) is 0.429. The Morgan fingerprint density at radius 2 is 1.67 bits per heavy atom. The molecule has 0 radical (unpaired) electrons. The summed E-state index contributed by atoms with van der Waals surface area (Å²) in [7, 11) is -8.26. The number of fused-ring (bicyclic) bond motifs is 1. The predicted octanol–water partition coefficient (Wildman–Crippen LogP) is 3.19. The van der Waals surface area contributed by atoms with Crippen molar-refractivity contribution in [3.8, 4) is 11.1 Å². The van der Waals surface area contributed by atoms with E-state index in [-0.39, 0.29) is 33.2 Å². The fourth-order valence-electron chi connectivity index (χ4n) is 3.80. The van der Waals surface area contributed by atoms with Gasteiger partial charge in [-0.2, -0.15) is 0 Å². The number of nitrogens with two attached hydrogens (primary N) is 1. The van der Waals surface area contributed by atoms with Gasteiger partial charge in [-0.25, -0.2) is 26.4 Å². The van der Waals surface area contributed by atoms with E-state index in [1.807, 2.05) is 0 Å². The van der Waals surface area contributed by atoms with E-state index in [9.17, 15) is 31.3 Å². The zero-order chi connectivity index (χ0) is 24.0. The maximum Gasteiger partial charge on any atom is 0.270 e. The summed E-state index contributed by atoms with van der Waals surface area (Å²) in [5.74, 6) is -0.573. The van der Waals surface area contributed by atoms with Crippen molar-refractivity contribution in [2.75, 3.05) is 10.8 Å². The Balaban J connectivity index is 1.89. The van der Waals surface area contributed by atoms with Gasteiger partial charge in [-0.3, -0.25) is 14.4 Å². The van der Waals surface area contributed by atoms with Crippen LogP contribution in [0.2, 0.25) is 0 Å². The molecule has 0 amide bonds. The molecule has 33 heavy (non-hydrogen) atoms. The first kappa shape index (κ1) is 22.8. The number of hydrogen-bond donors (Lipinski definition) is 1. The number of nitrogens with zero attached hydrogens (tertiary/aromatic N) is 2. The Morgan fingerprint density at radius 1 is 0.970 bits per heavy atom. The van der Waals surface area contributed by atoms with E-state index in [2.05, 4.69) is 0 Å². The topological polar surface area (TPSA) is 141 Å². The van der Waals surface area contributed by atoms with E-state index in [4.69, 9.17) is 5.14 Å². The molecular weight excluding hydrogens is 473 g/mol. The van der Waals surface area contributed by atoms with Crippen LogP contribution in [0.1, 0.15) is 12.0 Å². The molecule has 0 aromatic heterocycles. The van der Waals surface area contributed by atoms with Gasteiger partial charge < -0.3 is 0 Å². The van der Waals surface area contributed by atoms with Crippen molar-refractivity contribution in [1.82, 2.24) is 0 Å². The molecule has 0 saturated carbocycles. The van der Waals surface area contributed by atoms with Crippen LogP contribution in [0.25, 0.3) is 11.1 Å². The molecule has 0 aliphatic carbocycles. The summed E-state index contributed by atoms with van der Waals surface area (Å²) in [4.78, 5) is 10.2. The van der Waals surface area contributed by atoms with Crippen molar-refractivity contribution >= 4 is 31.4 Å². The summed E-state index contributed by atoms with van der Waals surface area (Å²) in [6.45, 7) is 0.160. The van der Waals surface area contributed by atoms with Crippen LogP contribution in [0.3, 0.4) is 0 Å². The maximum absolute atomic E-state index is 13.3. The fraction of sp³-hybridized carbons (Fsp3) is 0.143. The van der Waals surface area contributed by atoms with Gasteiger partial charge in [0.1, 0.15) is 5.82 Å². The van der Waals surface area contributed by atoms with Crippen LogP contribution in [-0.4, -0.2) is 28.3 Å². The molecule has 1 aliphatic rings. The minimum atomic E-state index is -4.22. The number of sulfonamides is 2. The number of rotatable bonds is 5. The second kappa shape index (κ2) is 8.21. The normalized spacial score (nSPS) is 14.1. The van der Waals surface area contributed by atoms with E-state index < -0.39 is 30.8 Å². The van der Waals surface area contributed by atoms with Gasteiger partial charge in [-0.1, -0.05) is 12.1 Å². The number of nitro groups is 1. The van der Waals surface area contributed by atoms with Crippen LogP contribution in [0, 0.1) is 15.9 Å². The lowest BCUT2D eigenvalue weighted by molar-refractivity contribution is -0.384. The van der Waals surface area contributed by atoms with Crippen molar-refractivity contribution in [2.24, 2.45) is 5.14 Å². The first-order chi connectivity index (χ1) is 15.5. The second-order valence-corrected chi connectivity index (χ2v) is 10.9. The SMILES string of the molecule is NS(=O)(=O)c1ccc([N+](=O)[O-])cc1-c1ccc2c(c1)N(S(=O)(=O)c1ccc(F)cc1)CCC2. The average Bonchev–Trinajstić information content (AvgIpc) is 2.77. The standard InChI is InChI=1S/C21H18FN3O6S2/c22-16-5-8-18(9-6-16)33(30,31)24-11-1-2-14-3-4-15(12-20(14)24)19-13-17(25(26)27)7-10-21(19)32(23,28)29/h3-10,12-13H,1-2,11H2,(H2,23,28,29). The molecule has 3 aromatic carbocycles. The van der Waals surface area contributed by atoms with E-state index in [0.717, 1.165) is 30.3 Å². The molecule has 172 valence electrons. The molecule has 0 bridgehead atoms. The number of anilines is 1. The molecular formula is C21H18FN3O6S2. The largest absolute Gasteiger partial charge is 0.270 e. The third-order valence-electron chi connectivity index (χ3n) is 5.35. The first-order valence-corrected chi connectivity index (χ1v) is 12.7. The lowest BCUT2D eigenvalue weighted by Crippen LogP contribution is -2.35. The summed E-state index contributed by atoms with van der Waals surface area (Å²) in [6.07, 6.45) is 1.13. The van der Waals surface area contributed by atoms with E-state index in [0.29, 0.717) is 24.1 Å². The summed E-state index contributed by atoms with van der Waals surface area (Å²) in [5.41, 5.74) is 0.918. The monoisotopic (exact) mass is 491 g/mol. The van der Waals surface area contributed by atoms with Crippen molar-refractivity contribution in [2.45, 2.75) is 22.6 Å². The van der Waals surface area contributed by atoms with Gasteiger partial charge in [0.25, 0.3) is 15.7 Å². The second-order valence-electron chi connectivity index (χ2n) is 7.46. The molecule has 0 atom stereocenters. The number of non-ortho nitro benzene ring substituents is 1. The van der Waals surface area contributed by atoms with Crippen molar-refractivity contribution < 1.29 is 26.1 Å². The Morgan fingerprint density at radius 3 is 2.30 bits per heavy atom. The number of nitro benzene ring substituents is 1. The third kappa shape index (κ3) is 4.32. The molecule has 0 unspecified atom stereocenters. The average molecular weight is 492 g/mol. The molecule has 0 spiro atoms. The highest BCUT2D eigenvalue weighted by atomic mass is 32.2. The van der Waals surface area contributed by atoms with Gasteiger partial charge >= 0.3 is 0 Å². The molecule has 1 aliphatic heterocycles. The zero-order valence-corrected chi connectivity index (χ0v) is 18.6. The third-order valence-corrected chi connectivity index (χ3v) is 8.15. The molecule has 3 aromatic rings. The predicted molar refractivity (Wildman–Crippen MR) is 119 cm³/mol. The van der Waals surface area contributed by atoms with Crippen LogP contribution in [0.5, 0.6) is 0 Å². The fourth-order valence-corrected chi connectivity index (χ4v) is 6.07. The van der Waals surface area contributed by atoms with Gasteiger partial charge in [0.15, 0.2) is 0 Å². The van der Waals surface area contributed by atoms with Crippen LogP contribution < -0.4 is 9.44 Å². The van der Waals surface area contributed by atoms with Crippen molar-refractivity contribution in [3.63, 3.8) is 0 Å². The minimum Gasteiger partial charge on any atom is -0.266 e. The van der Waals surface area contributed by atoms with Gasteiger partial charge in [-0.05, 0) is 60.4 Å². The lowest BCUT2D eigenvalue weighted by Gasteiger charge is -2.31. The van der Waals surface area contributed by atoms with Crippen molar-refractivity contribution in [3.05, 3.63) is 82.2 Å². The summed E-state index contributed by atoms with van der Waals surface area (Å²) in [6, 6.07) is 12.3. The van der Waals surface area contributed by atoms with Gasteiger partial charge in [0, 0.05) is 24.2 Å². The Labute approximate surface area is 189 Å². The molecule has 9 nitrogen and oxygen atoms in total.